The lowest BCUT2D eigenvalue weighted by Gasteiger charge is -2.29. The quantitative estimate of drug-likeness (QED) is 0.839. The fourth-order valence-electron chi connectivity index (χ4n) is 3.50. The summed E-state index contributed by atoms with van der Waals surface area (Å²) in [5.41, 5.74) is 6.87. The van der Waals surface area contributed by atoms with Crippen molar-refractivity contribution in [2.45, 2.75) is 31.9 Å². The number of anilines is 2. The molecular weight excluding hydrogens is 332 g/mol. The van der Waals surface area contributed by atoms with Crippen molar-refractivity contribution in [3.8, 4) is 11.5 Å². The van der Waals surface area contributed by atoms with Gasteiger partial charge in [-0.25, -0.2) is 4.68 Å². The van der Waals surface area contributed by atoms with Crippen LogP contribution in [0.5, 0.6) is 11.5 Å². The number of benzene rings is 1. The van der Waals surface area contributed by atoms with Crippen LogP contribution in [0.15, 0.2) is 18.2 Å². The van der Waals surface area contributed by atoms with Crippen molar-refractivity contribution in [3.63, 3.8) is 0 Å². The molecule has 2 aromatic rings. The fraction of sp³-hybridized carbons (Fsp3) is 0.556. The number of fused-ring (bicyclic) bond motifs is 1. The minimum absolute atomic E-state index is 0.0895. The third-order valence-electron chi connectivity index (χ3n) is 4.85. The highest BCUT2D eigenvalue weighted by Crippen LogP contribution is 2.33. The SMILES string of the molecule is Cn1nc(N)nc1NCC1COc2cc(CN3CCCCC3)ccc2O1. The molecule has 0 bridgehead atoms. The van der Waals surface area contributed by atoms with Crippen LogP contribution in [0.2, 0.25) is 0 Å². The summed E-state index contributed by atoms with van der Waals surface area (Å²) in [4.78, 5) is 6.63. The molecule has 0 spiro atoms. The van der Waals surface area contributed by atoms with Gasteiger partial charge in [-0.3, -0.25) is 4.90 Å². The first-order valence-corrected chi connectivity index (χ1v) is 9.22. The number of nitrogens with two attached hydrogens (primary N) is 1. The molecule has 1 fully saturated rings. The minimum Gasteiger partial charge on any atom is -0.486 e. The van der Waals surface area contributed by atoms with Gasteiger partial charge in [0, 0.05) is 13.6 Å². The lowest BCUT2D eigenvalue weighted by atomic mass is 10.1. The number of hydrogen-bond donors (Lipinski definition) is 2. The van der Waals surface area contributed by atoms with E-state index in [1.165, 1.54) is 37.9 Å². The summed E-state index contributed by atoms with van der Waals surface area (Å²) in [5.74, 6) is 2.50. The highest BCUT2D eigenvalue weighted by atomic mass is 16.6. The molecule has 1 aromatic heterocycles. The maximum Gasteiger partial charge on any atom is 0.241 e. The number of nitrogens with zero attached hydrogens (tertiary/aromatic N) is 4. The van der Waals surface area contributed by atoms with Crippen molar-refractivity contribution in [2.24, 2.45) is 7.05 Å². The normalized spacial score (nSPS) is 20.1. The van der Waals surface area contributed by atoms with E-state index in [0.717, 1.165) is 18.0 Å². The summed E-state index contributed by atoms with van der Waals surface area (Å²) in [6.45, 7) is 4.43. The monoisotopic (exact) mass is 358 g/mol. The number of likely N-dealkylation sites (tertiary alicyclic amines) is 1. The summed E-state index contributed by atoms with van der Waals surface area (Å²) < 4.78 is 13.6. The van der Waals surface area contributed by atoms with Gasteiger partial charge in [0.15, 0.2) is 11.5 Å². The molecular formula is C18H26N6O2. The smallest absolute Gasteiger partial charge is 0.241 e. The molecule has 2 aliphatic rings. The Morgan fingerprint density at radius 1 is 1.23 bits per heavy atom. The first-order valence-electron chi connectivity index (χ1n) is 9.22. The van der Waals surface area contributed by atoms with Crippen LogP contribution in [0.3, 0.4) is 0 Å². The summed E-state index contributed by atoms with van der Waals surface area (Å²) in [5, 5.41) is 7.21. The predicted octanol–water partition coefficient (Wildman–Crippen LogP) is 1.64. The van der Waals surface area contributed by atoms with Crippen LogP contribution in [0, 0.1) is 0 Å². The van der Waals surface area contributed by atoms with Crippen molar-refractivity contribution < 1.29 is 9.47 Å². The molecule has 4 rings (SSSR count). The molecule has 3 N–H and O–H groups in total. The van der Waals surface area contributed by atoms with Gasteiger partial charge in [-0.05, 0) is 43.6 Å². The second-order valence-corrected chi connectivity index (χ2v) is 6.97. The molecule has 0 saturated carbocycles. The van der Waals surface area contributed by atoms with Gasteiger partial charge in [-0.2, -0.15) is 4.98 Å². The number of nitrogen functional groups attached to an aromatic ring is 1. The predicted molar refractivity (Wildman–Crippen MR) is 99.4 cm³/mol. The third kappa shape index (κ3) is 3.85. The molecule has 26 heavy (non-hydrogen) atoms. The molecule has 1 saturated heterocycles. The Hall–Kier alpha value is -2.48. The molecule has 0 radical (unpaired) electrons. The Morgan fingerprint density at radius 2 is 2.08 bits per heavy atom. The maximum atomic E-state index is 6.06. The van der Waals surface area contributed by atoms with Gasteiger partial charge < -0.3 is 20.5 Å². The summed E-state index contributed by atoms with van der Waals surface area (Å²) in [6, 6.07) is 6.26. The molecule has 0 aliphatic carbocycles. The first-order chi connectivity index (χ1) is 12.7. The van der Waals surface area contributed by atoms with Crippen molar-refractivity contribution in [2.75, 3.05) is 37.3 Å². The van der Waals surface area contributed by atoms with E-state index in [9.17, 15) is 0 Å². The van der Waals surface area contributed by atoms with E-state index in [-0.39, 0.29) is 12.1 Å². The number of aromatic nitrogens is 3. The molecule has 8 heteroatoms. The number of rotatable bonds is 5. The summed E-state index contributed by atoms with van der Waals surface area (Å²) in [6.07, 6.45) is 3.87. The zero-order chi connectivity index (χ0) is 17.9. The van der Waals surface area contributed by atoms with Crippen LogP contribution in [0.4, 0.5) is 11.9 Å². The van der Waals surface area contributed by atoms with Gasteiger partial charge in [0.1, 0.15) is 12.7 Å². The molecule has 1 unspecified atom stereocenters. The van der Waals surface area contributed by atoms with Crippen molar-refractivity contribution in [3.05, 3.63) is 23.8 Å². The lowest BCUT2D eigenvalue weighted by molar-refractivity contribution is 0.0992. The van der Waals surface area contributed by atoms with Crippen molar-refractivity contribution >= 4 is 11.9 Å². The van der Waals surface area contributed by atoms with Crippen LogP contribution in [-0.2, 0) is 13.6 Å². The van der Waals surface area contributed by atoms with Crippen LogP contribution in [0.25, 0.3) is 0 Å². The van der Waals surface area contributed by atoms with E-state index in [0.29, 0.717) is 19.1 Å². The van der Waals surface area contributed by atoms with Crippen LogP contribution in [-0.4, -0.2) is 52.0 Å². The van der Waals surface area contributed by atoms with Gasteiger partial charge in [-0.1, -0.05) is 12.5 Å². The van der Waals surface area contributed by atoms with Crippen molar-refractivity contribution in [1.82, 2.24) is 19.7 Å². The Kier molecular flexibility index (Phi) is 4.83. The number of nitrogens with one attached hydrogen (secondary N) is 1. The standard InChI is InChI=1S/C18H26N6O2/c1-23-18(21-17(19)22-23)20-10-14-12-25-16-9-13(5-6-15(16)26-14)11-24-7-3-2-4-8-24/h5-6,9,14H,2-4,7-8,10-12H2,1H3,(H3,19,20,21,22). The molecule has 8 nitrogen and oxygen atoms in total. The molecule has 140 valence electrons. The molecule has 2 aliphatic heterocycles. The second-order valence-electron chi connectivity index (χ2n) is 6.97. The highest BCUT2D eigenvalue weighted by molar-refractivity contribution is 5.44. The van der Waals surface area contributed by atoms with Crippen LogP contribution in [0.1, 0.15) is 24.8 Å². The van der Waals surface area contributed by atoms with Crippen LogP contribution < -0.4 is 20.5 Å². The lowest BCUT2D eigenvalue weighted by Crippen LogP contribution is -2.36. The third-order valence-corrected chi connectivity index (χ3v) is 4.85. The second kappa shape index (κ2) is 7.41. The van der Waals surface area contributed by atoms with E-state index >= 15 is 0 Å². The Labute approximate surface area is 153 Å². The number of piperidine rings is 1. The molecule has 0 amide bonds. The zero-order valence-electron chi connectivity index (χ0n) is 15.1. The van der Waals surface area contributed by atoms with E-state index in [1.54, 1.807) is 11.7 Å². The van der Waals surface area contributed by atoms with E-state index in [1.807, 2.05) is 6.07 Å². The van der Waals surface area contributed by atoms with E-state index in [2.05, 4.69) is 32.4 Å². The first kappa shape index (κ1) is 17.0. The fourth-order valence-corrected chi connectivity index (χ4v) is 3.50. The zero-order valence-corrected chi connectivity index (χ0v) is 15.1. The van der Waals surface area contributed by atoms with Crippen molar-refractivity contribution in [1.29, 1.82) is 0 Å². The topological polar surface area (TPSA) is 90.5 Å². The van der Waals surface area contributed by atoms with Gasteiger partial charge in [0.05, 0.1) is 6.54 Å². The number of aryl methyl sites for hydroxylation is 1. The summed E-state index contributed by atoms with van der Waals surface area (Å²) in [7, 11) is 1.79. The van der Waals surface area contributed by atoms with E-state index in [4.69, 9.17) is 15.2 Å². The number of hydrogen-bond acceptors (Lipinski definition) is 7. The Bertz CT molecular complexity index is 756. The molecule has 3 heterocycles. The Morgan fingerprint density at radius 3 is 2.85 bits per heavy atom. The average molecular weight is 358 g/mol. The average Bonchev–Trinajstić information content (AvgIpc) is 2.98. The van der Waals surface area contributed by atoms with Gasteiger partial charge in [0.2, 0.25) is 11.9 Å². The molecule has 1 aromatic carbocycles. The largest absolute Gasteiger partial charge is 0.486 e. The molecule has 1 atom stereocenters. The van der Waals surface area contributed by atoms with Gasteiger partial charge in [0.25, 0.3) is 0 Å². The van der Waals surface area contributed by atoms with Crippen LogP contribution >= 0.6 is 0 Å². The van der Waals surface area contributed by atoms with E-state index < -0.39 is 0 Å². The Balaban J connectivity index is 1.34. The minimum atomic E-state index is -0.0895. The van der Waals surface area contributed by atoms with Gasteiger partial charge in [-0.15, -0.1) is 5.10 Å². The summed E-state index contributed by atoms with van der Waals surface area (Å²) >= 11 is 0. The highest BCUT2D eigenvalue weighted by Gasteiger charge is 2.22. The number of ether oxygens (including phenoxy) is 2. The maximum absolute atomic E-state index is 6.06. The van der Waals surface area contributed by atoms with Gasteiger partial charge >= 0.3 is 0 Å².